The first-order chi connectivity index (χ1) is 15.8. The quantitative estimate of drug-likeness (QED) is 0.626. The van der Waals surface area contributed by atoms with Crippen molar-refractivity contribution in [2.45, 2.75) is 43.5 Å². The van der Waals surface area contributed by atoms with Gasteiger partial charge in [-0.25, -0.2) is 17.2 Å². The van der Waals surface area contributed by atoms with Gasteiger partial charge in [-0.1, -0.05) is 12.1 Å². The largest absolute Gasteiger partial charge is 0.494 e. The van der Waals surface area contributed by atoms with Gasteiger partial charge in [0.15, 0.2) is 11.6 Å². The molecule has 6 nitrogen and oxygen atoms in total. The number of hydrogen-bond acceptors (Lipinski definition) is 4. The highest BCUT2D eigenvalue weighted by Gasteiger charge is 2.37. The minimum Gasteiger partial charge on any atom is -0.494 e. The van der Waals surface area contributed by atoms with Crippen LogP contribution in [-0.2, 0) is 14.8 Å². The Morgan fingerprint density at radius 1 is 1.00 bits per heavy atom. The molecule has 0 aromatic heterocycles. The molecule has 1 atom stereocenters. The Bertz CT molecular complexity index is 1100. The summed E-state index contributed by atoms with van der Waals surface area (Å²) in [5.74, 6) is -1.70. The lowest BCUT2D eigenvalue weighted by Gasteiger charge is -2.34. The first-order valence-corrected chi connectivity index (χ1v) is 12.7. The molecule has 4 rings (SSSR count). The highest BCUT2D eigenvalue weighted by Crippen LogP contribution is 2.36. The first-order valence-electron chi connectivity index (χ1n) is 11.3. The molecule has 9 heteroatoms. The van der Waals surface area contributed by atoms with Gasteiger partial charge in [-0.2, -0.15) is 4.31 Å². The number of carbonyl (C=O) groups is 1. The molecule has 0 spiro atoms. The monoisotopic (exact) mass is 478 g/mol. The summed E-state index contributed by atoms with van der Waals surface area (Å²) in [4.78, 5) is 14.9. The Kier molecular flexibility index (Phi) is 6.99. The van der Waals surface area contributed by atoms with Crippen LogP contribution < -0.4 is 4.74 Å². The van der Waals surface area contributed by atoms with Crippen LogP contribution in [0.15, 0.2) is 47.4 Å². The fourth-order valence-corrected chi connectivity index (χ4v) is 6.18. The third kappa shape index (κ3) is 4.89. The van der Waals surface area contributed by atoms with Crippen molar-refractivity contribution >= 4 is 15.9 Å². The maximum Gasteiger partial charge on any atom is 0.243 e. The SMILES string of the molecule is CCOc1ccc([C@H]2CCCN2C(=O)C2CCN(S(=O)(=O)c3ccc(F)c(F)c3)CC2)cc1. The van der Waals surface area contributed by atoms with E-state index >= 15 is 0 Å². The number of nitrogens with zero attached hydrogens (tertiary/aromatic N) is 2. The van der Waals surface area contributed by atoms with Crippen LogP contribution in [0.1, 0.15) is 44.2 Å². The Labute approximate surface area is 193 Å². The van der Waals surface area contributed by atoms with Gasteiger partial charge in [-0.05, 0) is 68.5 Å². The zero-order valence-corrected chi connectivity index (χ0v) is 19.4. The van der Waals surface area contributed by atoms with E-state index in [1.165, 1.54) is 4.31 Å². The highest BCUT2D eigenvalue weighted by atomic mass is 32.2. The predicted octanol–water partition coefficient (Wildman–Crippen LogP) is 4.13. The van der Waals surface area contributed by atoms with Gasteiger partial charge in [0, 0.05) is 25.6 Å². The Morgan fingerprint density at radius 3 is 2.33 bits per heavy atom. The summed E-state index contributed by atoms with van der Waals surface area (Å²) in [6.45, 7) is 3.54. The van der Waals surface area contributed by atoms with E-state index in [1.54, 1.807) is 0 Å². The molecule has 0 saturated carbocycles. The zero-order chi connectivity index (χ0) is 23.6. The number of benzene rings is 2. The van der Waals surface area contributed by atoms with E-state index < -0.39 is 21.7 Å². The van der Waals surface area contributed by atoms with E-state index in [0.717, 1.165) is 36.3 Å². The number of amides is 1. The van der Waals surface area contributed by atoms with Crippen molar-refractivity contribution in [2.75, 3.05) is 26.2 Å². The molecule has 0 unspecified atom stereocenters. The number of piperidine rings is 1. The summed E-state index contributed by atoms with van der Waals surface area (Å²) < 4.78 is 59.1. The van der Waals surface area contributed by atoms with Gasteiger partial charge in [-0.3, -0.25) is 4.79 Å². The van der Waals surface area contributed by atoms with E-state index in [1.807, 2.05) is 36.1 Å². The molecule has 2 fully saturated rings. The molecule has 2 saturated heterocycles. The first kappa shape index (κ1) is 23.6. The minimum atomic E-state index is -3.94. The molecule has 0 radical (unpaired) electrons. The predicted molar refractivity (Wildman–Crippen MR) is 119 cm³/mol. The van der Waals surface area contributed by atoms with Crippen LogP contribution in [0.3, 0.4) is 0 Å². The standard InChI is InChI=1S/C24H28F2N2O4S/c1-2-32-19-7-5-17(6-8-19)23-4-3-13-28(23)24(29)18-11-14-27(15-12-18)33(30,31)20-9-10-21(25)22(26)16-20/h5-10,16,18,23H,2-4,11-15H2,1H3/t23-/m1/s1. The lowest BCUT2D eigenvalue weighted by molar-refractivity contribution is -0.137. The van der Waals surface area contributed by atoms with Gasteiger partial charge in [0.05, 0.1) is 17.5 Å². The van der Waals surface area contributed by atoms with Crippen molar-refractivity contribution in [1.82, 2.24) is 9.21 Å². The molecule has 2 aromatic rings. The Morgan fingerprint density at radius 2 is 1.70 bits per heavy atom. The van der Waals surface area contributed by atoms with E-state index in [0.29, 0.717) is 32.1 Å². The number of carbonyl (C=O) groups excluding carboxylic acids is 1. The Balaban J connectivity index is 1.40. The molecular weight excluding hydrogens is 450 g/mol. The van der Waals surface area contributed by atoms with Crippen molar-refractivity contribution in [3.63, 3.8) is 0 Å². The molecule has 178 valence electrons. The van der Waals surface area contributed by atoms with E-state index in [2.05, 4.69) is 0 Å². The van der Waals surface area contributed by atoms with Gasteiger partial charge in [0.1, 0.15) is 5.75 Å². The molecule has 2 aliphatic rings. The van der Waals surface area contributed by atoms with Crippen LogP contribution in [0.5, 0.6) is 5.75 Å². The number of likely N-dealkylation sites (tertiary alicyclic amines) is 1. The van der Waals surface area contributed by atoms with E-state index in [9.17, 15) is 22.0 Å². The third-order valence-corrected chi connectivity index (χ3v) is 8.34. The minimum absolute atomic E-state index is 0.0112. The summed E-state index contributed by atoms with van der Waals surface area (Å²) in [6, 6.07) is 10.4. The van der Waals surface area contributed by atoms with Crippen molar-refractivity contribution in [2.24, 2.45) is 5.92 Å². The summed E-state index contributed by atoms with van der Waals surface area (Å²) in [6.07, 6.45) is 2.61. The normalized spacial score (nSPS) is 20.2. The average molecular weight is 479 g/mol. The van der Waals surface area contributed by atoms with Crippen LogP contribution in [0.4, 0.5) is 8.78 Å². The fraction of sp³-hybridized carbons (Fsp3) is 0.458. The maximum absolute atomic E-state index is 13.5. The summed E-state index contributed by atoms with van der Waals surface area (Å²) in [7, 11) is -3.94. The molecule has 0 bridgehead atoms. The number of halogens is 2. The molecule has 0 aliphatic carbocycles. The number of sulfonamides is 1. The van der Waals surface area contributed by atoms with Crippen molar-refractivity contribution < 1.29 is 26.7 Å². The van der Waals surface area contributed by atoms with Gasteiger partial charge >= 0.3 is 0 Å². The second-order valence-corrected chi connectivity index (χ2v) is 10.4. The van der Waals surface area contributed by atoms with E-state index in [4.69, 9.17) is 4.74 Å². The molecule has 0 N–H and O–H groups in total. The van der Waals surface area contributed by atoms with E-state index in [-0.39, 0.29) is 35.9 Å². The van der Waals surface area contributed by atoms with Crippen LogP contribution in [0.2, 0.25) is 0 Å². The van der Waals surface area contributed by atoms with Crippen LogP contribution in [0, 0.1) is 17.6 Å². The fourth-order valence-electron chi connectivity index (χ4n) is 4.69. The van der Waals surface area contributed by atoms with Gasteiger partial charge in [-0.15, -0.1) is 0 Å². The van der Waals surface area contributed by atoms with Crippen LogP contribution in [0.25, 0.3) is 0 Å². The van der Waals surface area contributed by atoms with Gasteiger partial charge in [0.25, 0.3) is 0 Å². The molecule has 2 aliphatic heterocycles. The van der Waals surface area contributed by atoms with Gasteiger partial charge < -0.3 is 9.64 Å². The summed E-state index contributed by atoms with van der Waals surface area (Å²) in [5.41, 5.74) is 1.07. The average Bonchev–Trinajstić information content (AvgIpc) is 3.31. The second-order valence-electron chi connectivity index (χ2n) is 8.45. The van der Waals surface area contributed by atoms with Crippen LogP contribution in [-0.4, -0.2) is 49.8 Å². The van der Waals surface area contributed by atoms with Crippen molar-refractivity contribution in [3.8, 4) is 5.75 Å². The molecule has 33 heavy (non-hydrogen) atoms. The molecule has 1 amide bonds. The zero-order valence-electron chi connectivity index (χ0n) is 18.5. The Hall–Kier alpha value is -2.52. The topological polar surface area (TPSA) is 66.9 Å². The summed E-state index contributed by atoms with van der Waals surface area (Å²) >= 11 is 0. The number of rotatable bonds is 6. The summed E-state index contributed by atoms with van der Waals surface area (Å²) in [5, 5.41) is 0. The van der Waals surface area contributed by atoms with Crippen molar-refractivity contribution in [3.05, 3.63) is 59.7 Å². The number of ether oxygens (including phenoxy) is 1. The third-order valence-electron chi connectivity index (χ3n) is 6.44. The van der Waals surface area contributed by atoms with Gasteiger partial charge in [0.2, 0.25) is 15.9 Å². The molecule has 2 heterocycles. The highest BCUT2D eigenvalue weighted by molar-refractivity contribution is 7.89. The molecular formula is C24H28F2N2O4S. The smallest absolute Gasteiger partial charge is 0.243 e. The lowest BCUT2D eigenvalue weighted by atomic mass is 9.95. The van der Waals surface area contributed by atoms with Crippen LogP contribution >= 0.6 is 0 Å². The number of hydrogen-bond donors (Lipinski definition) is 0. The molecule has 2 aromatic carbocycles. The second kappa shape index (κ2) is 9.77. The maximum atomic E-state index is 13.5. The van der Waals surface area contributed by atoms with Crippen molar-refractivity contribution in [1.29, 1.82) is 0 Å². The lowest BCUT2D eigenvalue weighted by Crippen LogP contribution is -2.44.